The number of nitrogens with zero attached hydrogens (tertiary/aromatic N) is 3. The van der Waals surface area contributed by atoms with Crippen molar-refractivity contribution in [3.63, 3.8) is 0 Å². The molecule has 2 fully saturated rings. The minimum Gasteiger partial charge on any atom is -0.359 e. The average molecular weight is 451 g/mol. The van der Waals surface area contributed by atoms with Crippen molar-refractivity contribution in [2.45, 2.75) is 51.1 Å². The Morgan fingerprint density at radius 3 is 2.42 bits per heavy atom. The van der Waals surface area contributed by atoms with Crippen LogP contribution in [0.4, 0.5) is 0 Å². The van der Waals surface area contributed by atoms with Crippen molar-refractivity contribution < 1.29 is 4.79 Å². The maximum atomic E-state index is 11.5. The number of carbonyl (C=O) groups excluding carboxylic acids is 1. The summed E-state index contributed by atoms with van der Waals surface area (Å²) in [5, 5.41) is 6.25. The third kappa shape index (κ3) is 6.38. The van der Waals surface area contributed by atoms with Gasteiger partial charge in [0, 0.05) is 52.2 Å². The Kier molecular flexibility index (Phi) is 9.33. The van der Waals surface area contributed by atoms with Crippen molar-refractivity contribution >= 4 is 35.8 Å². The molecule has 6 nitrogen and oxygen atoms in total. The number of hydrogen-bond acceptors (Lipinski definition) is 3. The van der Waals surface area contributed by atoms with Crippen LogP contribution in [0.5, 0.6) is 0 Å². The molecule has 1 unspecified atom stereocenters. The second-order valence-corrected chi connectivity index (χ2v) is 6.98. The molecule has 1 amide bonds. The monoisotopic (exact) mass is 451 g/mol. The van der Waals surface area contributed by atoms with E-state index in [1.807, 2.05) is 7.05 Å². The van der Waals surface area contributed by atoms with E-state index in [4.69, 9.17) is 0 Å². The highest BCUT2D eigenvalue weighted by molar-refractivity contribution is 14.0. The molecule has 1 saturated heterocycles. The molecule has 0 aromatic heterocycles. The first kappa shape index (κ1) is 21.5. The van der Waals surface area contributed by atoms with Gasteiger partial charge in [0.1, 0.15) is 0 Å². The lowest BCUT2D eigenvalue weighted by atomic mass is 9.93. The van der Waals surface area contributed by atoms with Crippen LogP contribution in [0.3, 0.4) is 0 Å². The SMILES string of the molecule is CN=C(NCC(C)N(C)C1CC1)N1CCC(CC(=O)NC)CC1.I. The largest absolute Gasteiger partial charge is 0.359 e. The highest BCUT2D eigenvalue weighted by Crippen LogP contribution is 2.26. The van der Waals surface area contributed by atoms with Gasteiger partial charge in [0.05, 0.1) is 0 Å². The number of hydrogen-bond donors (Lipinski definition) is 2. The van der Waals surface area contributed by atoms with Crippen LogP contribution < -0.4 is 10.6 Å². The summed E-state index contributed by atoms with van der Waals surface area (Å²) in [6.45, 7) is 5.16. The van der Waals surface area contributed by atoms with Gasteiger partial charge in [0.15, 0.2) is 5.96 Å². The number of rotatable bonds is 6. The van der Waals surface area contributed by atoms with Crippen molar-refractivity contribution in [2.24, 2.45) is 10.9 Å². The molecule has 1 heterocycles. The quantitative estimate of drug-likeness (QED) is 0.365. The van der Waals surface area contributed by atoms with Crippen molar-refractivity contribution in [2.75, 3.05) is 40.8 Å². The van der Waals surface area contributed by atoms with E-state index in [1.54, 1.807) is 7.05 Å². The number of carbonyl (C=O) groups is 1. The minimum absolute atomic E-state index is 0. The molecule has 2 rings (SSSR count). The number of piperidine rings is 1. The first-order chi connectivity index (χ1) is 11.0. The molecular formula is C17H34IN5O. The molecule has 0 aromatic carbocycles. The molecule has 2 N–H and O–H groups in total. The molecule has 0 bridgehead atoms. The highest BCUT2D eigenvalue weighted by atomic mass is 127. The Balaban J connectivity index is 0.00000288. The van der Waals surface area contributed by atoms with Gasteiger partial charge in [-0.2, -0.15) is 0 Å². The molecule has 1 atom stereocenters. The van der Waals surface area contributed by atoms with Crippen LogP contribution in [-0.2, 0) is 4.79 Å². The Hall–Kier alpha value is -0.570. The fourth-order valence-corrected chi connectivity index (χ4v) is 3.27. The standard InChI is InChI=1S/C17H33N5O.HI/c1-13(21(4)15-5-6-15)12-20-17(19-3)22-9-7-14(8-10-22)11-16(23)18-2;/h13-15H,5-12H2,1-4H3,(H,18,23)(H,19,20);1H. The normalized spacial score (nSPS) is 20.5. The van der Waals surface area contributed by atoms with Crippen LogP contribution in [0.2, 0.25) is 0 Å². The topological polar surface area (TPSA) is 60.0 Å². The van der Waals surface area contributed by atoms with Crippen LogP contribution in [0.1, 0.15) is 39.0 Å². The van der Waals surface area contributed by atoms with E-state index < -0.39 is 0 Å². The van der Waals surface area contributed by atoms with E-state index in [-0.39, 0.29) is 29.9 Å². The first-order valence-electron chi connectivity index (χ1n) is 8.93. The zero-order chi connectivity index (χ0) is 16.8. The van der Waals surface area contributed by atoms with Gasteiger partial charge < -0.3 is 15.5 Å². The first-order valence-corrected chi connectivity index (χ1v) is 8.93. The van der Waals surface area contributed by atoms with E-state index in [1.165, 1.54) is 12.8 Å². The fourth-order valence-electron chi connectivity index (χ4n) is 3.27. The zero-order valence-corrected chi connectivity index (χ0v) is 17.9. The maximum absolute atomic E-state index is 11.5. The van der Waals surface area contributed by atoms with Crippen LogP contribution in [0.25, 0.3) is 0 Å². The number of nitrogens with one attached hydrogen (secondary N) is 2. The lowest BCUT2D eigenvalue weighted by Gasteiger charge is -2.35. The highest BCUT2D eigenvalue weighted by Gasteiger charge is 2.29. The second kappa shape index (κ2) is 10.4. The predicted octanol–water partition coefficient (Wildman–Crippen LogP) is 1.51. The van der Waals surface area contributed by atoms with Crippen LogP contribution in [-0.4, -0.2) is 74.5 Å². The summed E-state index contributed by atoms with van der Waals surface area (Å²) in [5.74, 6) is 1.66. The summed E-state index contributed by atoms with van der Waals surface area (Å²) in [5.41, 5.74) is 0. The van der Waals surface area contributed by atoms with Crippen molar-refractivity contribution in [3.8, 4) is 0 Å². The smallest absolute Gasteiger partial charge is 0.220 e. The summed E-state index contributed by atoms with van der Waals surface area (Å²) in [6.07, 6.45) is 5.46. The Bertz CT molecular complexity index is 419. The van der Waals surface area contributed by atoms with Gasteiger partial charge in [-0.15, -0.1) is 24.0 Å². The number of amides is 1. The molecule has 7 heteroatoms. The Labute approximate surface area is 163 Å². The number of guanidine groups is 1. The number of aliphatic imine (C=N–C) groups is 1. The summed E-state index contributed by atoms with van der Waals surface area (Å²) in [4.78, 5) is 20.7. The van der Waals surface area contributed by atoms with Gasteiger partial charge in [-0.05, 0) is 45.6 Å². The van der Waals surface area contributed by atoms with Gasteiger partial charge in [0.25, 0.3) is 0 Å². The summed E-state index contributed by atoms with van der Waals surface area (Å²) >= 11 is 0. The van der Waals surface area contributed by atoms with E-state index >= 15 is 0 Å². The third-order valence-corrected chi connectivity index (χ3v) is 5.25. The molecule has 140 valence electrons. The lowest BCUT2D eigenvalue weighted by molar-refractivity contribution is -0.121. The van der Waals surface area contributed by atoms with Gasteiger partial charge in [0.2, 0.25) is 5.91 Å². The molecule has 2 aliphatic rings. The summed E-state index contributed by atoms with van der Waals surface area (Å²) in [6, 6.07) is 1.30. The summed E-state index contributed by atoms with van der Waals surface area (Å²) in [7, 11) is 5.79. The van der Waals surface area contributed by atoms with Crippen molar-refractivity contribution in [1.82, 2.24) is 20.4 Å². The number of likely N-dealkylation sites (N-methyl/N-ethyl adjacent to an activating group) is 1. The maximum Gasteiger partial charge on any atom is 0.220 e. The molecule has 0 aromatic rings. The zero-order valence-electron chi connectivity index (χ0n) is 15.5. The van der Waals surface area contributed by atoms with E-state index in [0.29, 0.717) is 18.4 Å². The number of halogens is 1. The van der Waals surface area contributed by atoms with Crippen LogP contribution in [0, 0.1) is 5.92 Å². The summed E-state index contributed by atoms with van der Waals surface area (Å²) < 4.78 is 0. The Morgan fingerprint density at radius 1 is 1.29 bits per heavy atom. The number of likely N-dealkylation sites (tertiary alicyclic amines) is 1. The van der Waals surface area contributed by atoms with E-state index in [9.17, 15) is 4.79 Å². The molecule has 0 spiro atoms. The molecule has 1 aliphatic heterocycles. The minimum atomic E-state index is 0. The average Bonchev–Trinajstić information content (AvgIpc) is 3.40. The molecule has 0 radical (unpaired) electrons. The van der Waals surface area contributed by atoms with Crippen LogP contribution >= 0.6 is 24.0 Å². The van der Waals surface area contributed by atoms with E-state index in [2.05, 4.69) is 39.4 Å². The second-order valence-electron chi connectivity index (χ2n) is 6.98. The Morgan fingerprint density at radius 2 is 1.92 bits per heavy atom. The molecular weight excluding hydrogens is 417 g/mol. The van der Waals surface area contributed by atoms with E-state index in [0.717, 1.165) is 44.5 Å². The van der Waals surface area contributed by atoms with Crippen molar-refractivity contribution in [1.29, 1.82) is 0 Å². The predicted molar refractivity (Wildman–Crippen MR) is 110 cm³/mol. The van der Waals surface area contributed by atoms with Crippen LogP contribution in [0.15, 0.2) is 4.99 Å². The fraction of sp³-hybridized carbons (Fsp3) is 0.882. The molecule has 1 saturated carbocycles. The van der Waals surface area contributed by atoms with Gasteiger partial charge >= 0.3 is 0 Å². The van der Waals surface area contributed by atoms with Crippen molar-refractivity contribution in [3.05, 3.63) is 0 Å². The van der Waals surface area contributed by atoms with Gasteiger partial charge in [-0.1, -0.05) is 0 Å². The lowest BCUT2D eigenvalue weighted by Crippen LogP contribution is -2.49. The van der Waals surface area contributed by atoms with Gasteiger partial charge in [-0.3, -0.25) is 14.7 Å². The third-order valence-electron chi connectivity index (χ3n) is 5.25. The molecule has 24 heavy (non-hydrogen) atoms. The van der Waals surface area contributed by atoms with Gasteiger partial charge in [-0.25, -0.2) is 0 Å². The molecule has 1 aliphatic carbocycles.